The first-order valence-electron chi connectivity index (χ1n) is 12.1. The average molecular weight is 540 g/mol. The molecular formula is C29H30ClNO7. The lowest BCUT2D eigenvalue weighted by Gasteiger charge is -2.25. The minimum Gasteiger partial charge on any atom is -0.497 e. The Hall–Kier alpha value is -3.75. The zero-order valence-corrected chi connectivity index (χ0v) is 22.7. The van der Waals surface area contributed by atoms with Crippen molar-refractivity contribution >= 4 is 29.2 Å². The normalized spacial score (nSPS) is 16.9. The van der Waals surface area contributed by atoms with Gasteiger partial charge in [-0.1, -0.05) is 30.7 Å². The Labute approximate surface area is 227 Å². The van der Waals surface area contributed by atoms with Gasteiger partial charge in [0, 0.05) is 29.1 Å². The standard InChI is InChI=1S/C29H30ClNO7/c1-6-21-22(8-7-9-25(21)35-4)27-23-14-19(30)11-13-24(23)31(28(33)29(38-27)37-17(2)32)16-18-10-12-20(34-3)15-26(18)36-5/h7-15,27,29H,6,16H2,1-5H3/t27-,29+/m1/s1. The van der Waals surface area contributed by atoms with Crippen molar-refractivity contribution in [2.45, 2.75) is 39.2 Å². The zero-order valence-electron chi connectivity index (χ0n) is 21.9. The highest BCUT2D eigenvalue weighted by Gasteiger charge is 2.39. The topological polar surface area (TPSA) is 83.5 Å². The van der Waals surface area contributed by atoms with E-state index < -0.39 is 24.3 Å². The monoisotopic (exact) mass is 539 g/mol. The molecule has 1 heterocycles. The van der Waals surface area contributed by atoms with Gasteiger partial charge in [-0.2, -0.15) is 0 Å². The van der Waals surface area contributed by atoms with E-state index in [9.17, 15) is 9.59 Å². The van der Waals surface area contributed by atoms with E-state index in [1.807, 2.05) is 31.2 Å². The van der Waals surface area contributed by atoms with Gasteiger partial charge in [0.15, 0.2) is 0 Å². The molecule has 1 aliphatic rings. The van der Waals surface area contributed by atoms with Crippen LogP contribution in [-0.2, 0) is 32.0 Å². The number of esters is 1. The second-order valence-electron chi connectivity index (χ2n) is 8.64. The minimum atomic E-state index is -1.50. The number of methoxy groups -OCH3 is 3. The van der Waals surface area contributed by atoms with E-state index in [0.29, 0.717) is 39.9 Å². The first-order chi connectivity index (χ1) is 18.3. The molecule has 3 aromatic carbocycles. The van der Waals surface area contributed by atoms with Crippen LogP contribution in [0, 0.1) is 0 Å². The third-order valence-electron chi connectivity index (χ3n) is 6.41. The van der Waals surface area contributed by atoms with Crippen molar-refractivity contribution in [3.63, 3.8) is 0 Å². The van der Waals surface area contributed by atoms with Crippen LogP contribution >= 0.6 is 11.6 Å². The van der Waals surface area contributed by atoms with Crippen LogP contribution in [0.5, 0.6) is 17.2 Å². The lowest BCUT2D eigenvalue weighted by molar-refractivity contribution is -0.188. The summed E-state index contributed by atoms with van der Waals surface area (Å²) in [6, 6.07) is 16.2. The number of carbonyl (C=O) groups is 2. The fourth-order valence-corrected chi connectivity index (χ4v) is 4.85. The smallest absolute Gasteiger partial charge is 0.305 e. The molecule has 4 rings (SSSR count). The largest absolute Gasteiger partial charge is 0.497 e. The number of hydrogen-bond donors (Lipinski definition) is 0. The van der Waals surface area contributed by atoms with Gasteiger partial charge in [-0.15, -0.1) is 0 Å². The molecule has 2 atom stereocenters. The van der Waals surface area contributed by atoms with E-state index in [4.69, 9.17) is 35.3 Å². The van der Waals surface area contributed by atoms with E-state index in [1.165, 1.54) is 11.8 Å². The van der Waals surface area contributed by atoms with Crippen LogP contribution in [0.4, 0.5) is 5.69 Å². The molecule has 0 spiro atoms. The van der Waals surface area contributed by atoms with E-state index in [0.717, 1.165) is 16.7 Å². The number of ether oxygens (including phenoxy) is 5. The van der Waals surface area contributed by atoms with Crippen molar-refractivity contribution < 1.29 is 33.3 Å². The lowest BCUT2D eigenvalue weighted by atomic mass is 9.93. The summed E-state index contributed by atoms with van der Waals surface area (Å²) < 4.78 is 28.2. The molecule has 38 heavy (non-hydrogen) atoms. The third-order valence-corrected chi connectivity index (χ3v) is 6.65. The van der Waals surface area contributed by atoms with Crippen LogP contribution in [0.2, 0.25) is 5.02 Å². The van der Waals surface area contributed by atoms with Crippen LogP contribution in [0.15, 0.2) is 54.6 Å². The number of carbonyl (C=O) groups excluding carboxylic acids is 2. The maximum absolute atomic E-state index is 13.9. The van der Waals surface area contributed by atoms with E-state index >= 15 is 0 Å². The van der Waals surface area contributed by atoms with Crippen molar-refractivity contribution in [3.8, 4) is 17.2 Å². The molecule has 9 heteroatoms. The molecule has 0 bridgehead atoms. The number of rotatable bonds is 8. The number of anilines is 1. The van der Waals surface area contributed by atoms with Gasteiger partial charge in [0.05, 0.1) is 33.6 Å². The maximum Gasteiger partial charge on any atom is 0.305 e. The molecule has 0 aliphatic carbocycles. The van der Waals surface area contributed by atoms with Gasteiger partial charge < -0.3 is 28.6 Å². The Balaban J connectivity index is 1.91. The summed E-state index contributed by atoms with van der Waals surface area (Å²) in [6.07, 6.45) is -1.62. The van der Waals surface area contributed by atoms with Crippen molar-refractivity contribution in [3.05, 3.63) is 81.9 Å². The van der Waals surface area contributed by atoms with Crippen LogP contribution in [0.3, 0.4) is 0 Å². The van der Waals surface area contributed by atoms with Crippen LogP contribution in [-0.4, -0.2) is 39.5 Å². The Bertz CT molecular complexity index is 1340. The summed E-state index contributed by atoms with van der Waals surface area (Å²) in [5.74, 6) is 0.668. The Morgan fingerprint density at radius 3 is 2.39 bits per heavy atom. The highest BCUT2D eigenvalue weighted by atomic mass is 35.5. The minimum absolute atomic E-state index is 0.118. The molecule has 0 N–H and O–H groups in total. The van der Waals surface area contributed by atoms with Crippen molar-refractivity contribution in [1.29, 1.82) is 0 Å². The highest BCUT2D eigenvalue weighted by Crippen LogP contribution is 2.43. The summed E-state index contributed by atoms with van der Waals surface area (Å²) in [4.78, 5) is 27.5. The molecule has 0 unspecified atom stereocenters. The fourth-order valence-electron chi connectivity index (χ4n) is 4.67. The first kappa shape index (κ1) is 27.3. The Kier molecular flexibility index (Phi) is 8.44. The second kappa shape index (κ2) is 11.8. The van der Waals surface area contributed by atoms with Gasteiger partial charge in [-0.05, 0) is 53.9 Å². The number of hydrogen-bond acceptors (Lipinski definition) is 7. The van der Waals surface area contributed by atoms with Gasteiger partial charge in [-0.3, -0.25) is 9.59 Å². The molecule has 1 aliphatic heterocycles. The summed E-state index contributed by atoms with van der Waals surface area (Å²) in [5, 5.41) is 0.471. The van der Waals surface area contributed by atoms with E-state index in [1.54, 1.807) is 51.7 Å². The summed E-state index contributed by atoms with van der Waals surface area (Å²) in [7, 11) is 4.72. The first-order valence-corrected chi connectivity index (χ1v) is 12.5. The third kappa shape index (κ3) is 5.42. The van der Waals surface area contributed by atoms with Gasteiger partial charge in [0.25, 0.3) is 12.2 Å². The molecular weight excluding hydrogens is 510 g/mol. The van der Waals surface area contributed by atoms with Crippen LogP contribution in [0.25, 0.3) is 0 Å². The summed E-state index contributed by atoms with van der Waals surface area (Å²) >= 11 is 6.46. The molecule has 200 valence electrons. The van der Waals surface area contributed by atoms with Crippen LogP contribution < -0.4 is 19.1 Å². The predicted molar refractivity (Wildman–Crippen MR) is 143 cm³/mol. The van der Waals surface area contributed by atoms with Gasteiger partial charge in [0.1, 0.15) is 23.4 Å². The molecule has 3 aromatic rings. The number of halogens is 1. The molecule has 0 saturated heterocycles. The molecule has 0 fully saturated rings. The second-order valence-corrected chi connectivity index (χ2v) is 9.08. The van der Waals surface area contributed by atoms with E-state index in [2.05, 4.69) is 0 Å². The molecule has 0 saturated carbocycles. The van der Waals surface area contributed by atoms with Gasteiger partial charge >= 0.3 is 5.97 Å². The number of nitrogens with zero attached hydrogens (tertiary/aromatic N) is 1. The quantitative estimate of drug-likeness (QED) is 0.351. The lowest BCUT2D eigenvalue weighted by Crippen LogP contribution is -2.41. The maximum atomic E-state index is 13.9. The van der Waals surface area contributed by atoms with Crippen molar-refractivity contribution in [2.75, 3.05) is 26.2 Å². The van der Waals surface area contributed by atoms with Crippen LogP contribution in [0.1, 0.15) is 42.2 Å². The Morgan fingerprint density at radius 1 is 0.974 bits per heavy atom. The highest BCUT2D eigenvalue weighted by molar-refractivity contribution is 6.30. The van der Waals surface area contributed by atoms with Crippen molar-refractivity contribution in [1.82, 2.24) is 0 Å². The molecule has 1 amide bonds. The molecule has 8 nitrogen and oxygen atoms in total. The number of benzene rings is 3. The predicted octanol–water partition coefficient (Wildman–Crippen LogP) is 5.47. The fraction of sp³-hybridized carbons (Fsp3) is 0.310. The van der Waals surface area contributed by atoms with Gasteiger partial charge in [-0.25, -0.2) is 0 Å². The average Bonchev–Trinajstić information content (AvgIpc) is 3.02. The zero-order chi connectivity index (χ0) is 27.4. The number of amides is 1. The molecule has 0 radical (unpaired) electrons. The summed E-state index contributed by atoms with van der Waals surface area (Å²) in [6.45, 7) is 3.36. The summed E-state index contributed by atoms with van der Waals surface area (Å²) in [5.41, 5.74) is 3.63. The van der Waals surface area contributed by atoms with Crippen molar-refractivity contribution in [2.24, 2.45) is 0 Å². The SMILES string of the molecule is CCc1c(OC)cccc1[C@H]1O[C@H](OC(C)=O)C(=O)N(Cc2ccc(OC)cc2OC)c2ccc(Cl)cc21. The van der Waals surface area contributed by atoms with E-state index in [-0.39, 0.29) is 6.54 Å². The molecule has 0 aromatic heterocycles. The Morgan fingerprint density at radius 2 is 1.74 bits per heavy atom. The van der Waals surface area contributed by atoms with Gasteiger partial charge in [0.2, 0.25) is 0 Å². The number of fused-ring (bicyclic) bond motifs is 1.